The fraction of sp³-hybridized carbons (Fsp3) is 0.545. The molecule has 1 saturated heterocycles. The normalized spacial score (nSPS) is 20.6. The van der Waals surface area contributed by atoms with Gasteiger partial charge in [0.2, 0.25) is 0 Å². The summed E-state index contributed by atoms with van der Waals surface area (Å²) in [6.07, 6.45) is 2.17. The molecule has 0 aromatic carbocycles. The van der Waals surface area contributed by atoms with E-state index in [0.717, 1.165) is 39.1 Å². The number of hydrogen-bond donors (Lipinski definition) is 0. The first-order valence-electron chi connectivity index (χ1n) is 5.42. The van der Waals surface area contributed by atoms with E-state index in [4.69, 9.17) is 11.6 Å². The van der Waals surface area contributed by atoms with Gasteiger partial charge in [0, 0.05) is 19.0 Å². The molecule has 0 radical (unpaired) electrons. The standard InChI is InChI=1S/C11H12Br2ClNOS/c12-9-4-8(10(13)17-9)11(16)15-3-1-2-7(5-14)6-15/h4,7H,1-3,5-6H2. The molecule has 1 aliphatic rings. The van der Waals surface area contributed by atoms with E-state index in [1.165, 1.54) is 11.3 Å². The summed E-state index contributed by atoms with van der Waals surface area (Å²) in [4.78, 5) is 14.2. The second kappa shape index (κ2) is 6.04. The molecular formula is C11H12Br2ClNOS. The molecule has 6 heteroatoms. The van der Waals surface area contributed by atoms with Crippen LogP contribution in [0.2, 0.25) is 0 Å². The molecule has 0 saturated carbocycles. The van der Waals surface area contributed by atoms with Crippen LogP contribution in [-0.2, 0) is 0 Å². The summed E-state index contributed by atoms with van der Waals surface area (Å²) < 4.78 is 1.86. The first-order chi connectivity index (χ1) is 8.11. The number of likely N-dealkylation sites (tertiary alicyclic amines) is 1. The molecule has 1 unspecified atom stereocenters. The van der Waals surface area contributed by atoms with Gasteiger partial charge in [-0.15, -0.1) is 22.9 Å². The van der Waals surface area contributed by atoms with Crippen LogP contribution in [0.25, 0.3) is 0 Å². The topological polar surface area (TPSA) is 20.3 Å². The molecule has 0 aliphatic carbocycles. The number of halogens is 3. The number of rotatable bonds is 2. The summed E-state index contributed by atoms with van der Waals surface area (Å²) in [5.74, 6) is 1.18. The average molecular weight is 402 g/mol. The van der Waals surface area contributed by atoms with E-state index in [1.807, 2.05) is 11.0 Å². The number of hydrogen-bond acceptors (Lipinski definition) is 2. The van der Waals surface area contributed by atoms with Crippen molar-refractivity contribution >= 4 is 60.7 Å². The lowest BCUT2D eigenvalue weighted by Gasteiger charge is -2.31. The Hall–Kier alpha value is 0.420. The van der Waals surface area contributed by atoms with Crippen LogP contribution >= 0.6 is 54.8 Å². The summed E-state index contributed by atoms with van der Waals surface area (Å²) >= 11 is 14.2. The Labute approximate surface area is 127 Å². The number of thiophene rings is 1. The molecule has 0 bridgehead atoms. The summed E-state index contributed by atoms with van der Waals surface area (Å²) in [6.45, 7) is 1.62. The summed E-state index contributed by atoms with van der Waals surface area (Å²) in [5, 5.41) is 0. The third-order valence-corrected chi connectivity index (χ3v) is 5.69. The maximum atomic E-state index is 12.3. The van der Waals surface area contributed by atoms with Gasteiger partial charge in [-0.1, -0.05) is 0 Å². The van der Waals surface area contributed by atoms with Crippen LogP contribution in [0.1, 0.15) is 23.2 Å². The molecule has 2 nitrogen and oxygen atoms in total. The molecule has 0 N–H and O–H groups in total. The summed E-state index contributed by atoms with van der Waals surface area (Å²) in [6, 6.07) is 1.88. The van der Waals surface area contributed by atoms with Crippen molar-refractivity contribution < 1.29 is 4.79 Å². The van der Waals surface area contributed by atoms with Crippen molar-refractivity contribution in [3.05, 3.63) is 19.2 Å². The maximum absolute atomic E-state index is 12.3. The van der Waals surface area contributed by atoms with Gasteiger partial charge in [0.1, 0.15) is 0 Å². The molecule has 2 rings (SSSR count). The Balaban J connectivity index is 2.12. The molecule has 1 fully saturated rings. The largest absolute Gasteiger partial charge is 0.338 e. The highest BCUT2D eigenvalue weighted by atomic mass is 79.9. The van der Waals surface area contributed by atoms with Crippen molar-refractivity contribution in [2.24, 2.45) is 5.92 Å². The van der Waals surface area contributed by atoms with E-state index in [9.17, 15) is 4.79 Å². The van der Waals surface area contributed by atoms with Crippen molar-refractivity contribution in [1.29, 1.82) is 0 Å². The van der Waals surface area contributed by atoms with E-state index >= 15 is 0 Å². The molecule has 0 spiro atoms. The molecule has 1 atom stereocenters. The average Bonchev–Trinajstić information content (AvgIpc) is 2.67. The Morgan fingerprint density at radius 3 is 2.94 bits per heavy atom. The highest BCUT2D eigenvalue weighted by molar-refractivity contribution is 9.12. The van der Waals surface area contributed by atoms with Gasteiger partial charge < -0.3 is 4.90 Å². The number of piperidine rings is 1. The maximum Gasteiger partial charge on any atom is 0.255 e. The van der Waals surface area contributed by atoms with Crippen molar-refractivity contribution in [2.75, 3.05) is 19.0 Å². The Bertz CT molecular complexity index is 424. The highest BCUT2D eigenvalue weighted by Crippen LogP contribution is 2.33. The SMILES string of the molecule is O=C(c1cc(Br)sc1Br)N1CCCC(CCl)C1. The molecule has 1 aromatic heterocycles. The van der Waals surface area contributed by atoms with Crippen molar-refractivity contribution in [3.8, 4) is 0 Å². The van der Waals surface area contributed by atoms with Gasteiger partial charge in [-0.05, 0) is 56.7 Å². The smallest absolute Gasteiger partial charge is 0.255 e. The molecule has 1 aliphatic heterocycles. The van der Waals surface area contributed by atoms with Crippen LogP contribution < -0.4 is 0 Å². The summed E-state index contributed by atoms with van der Waals surface area (Å²) in [5.41, 5.74) is 0.747. The van der Waals surface area contributed by atoms with Crippen LogP contribution in [0, 0.1) is 5.92 Å². The van der Waals surface area contributed by atoms with Gasteiger partial charge in [0.05, 0.1) is 13.1 Å². The lowest BCUT2D eigenvalue weighted by molar-refractivity contribution is 0.0684. The van der Waals surface area contributed by atoms with Gasteiger partial charge in [-0.25, -0.2) is 0 Å². The Morgan fingerprint density at radius 1 is 1.59 bits per heavy atom. The van der Waals surface area contributed by atoms with Crippen molar-refractivity contribution in [2.45, 2.75) is 12.8 Å². The van der Waals surface area contributed by atoms with E-state index in [2.05, 4.69) is 31.9 Å². The van der Waals surface area contributed by atoms with E-state index < -0.39 is 0 Å². The Kier molecular flexibility index (Phi) is 4.92. The van der Waals surface area contributed by atoms with E-state index in [0.29, 0.717) is 11.8 Å². The molecule has 1 aromatic rings. The minimum atomic E-state index is 0.105. The second-order valence-corrected chi connectivity index (χ2v) is 8.21. The zero-order valence-corrected chi connectivity index (χ0v) is 13.8. The summed E-state index contributed by atoms with van der Waals surface area (Å²) in [7, 11) is 0. The predicted octanol–water partition coefficient (Wildman–Crippen LogP) is 4.36. The molecule has 2 heterocycles. The zero-order valence-electron chi connectivity index (χ0n) is 9.09. The molecule has 1 amide bonds. The fourth-order valence-electron chi connectivity index (χ4n) is 2.03. The zero-order chi connectivity index (χ0) is 12.4. The number of alkyl halides is 1. The first-order valence-corrected chi connectivity index (χ1v) is 8.35. The van der Waals surface area contributed by atoms with Gasteiger partial charge in [-0.3, -0.25) is 4.79 Å². The van der Waals surface area contributed by atoms with Crippen LogP contribution in [0.4, 0.5) is 0 Å². The third-order valence-electron chi connectivity index (χ3n) is 2.91. The van der Waals surface area contributed by atoms with E-state index in [-0.39, 0.29) is 5.91 Å². The van der Waals surface area contributed by atoms with Gasteiger partial charge in [-0.2, -0.15) is 0 Å². The van der Waals surface area contributed by atoms with Crippen LogP contribution in [-0.4, -0.2) is 29.8 Å². The first kappa shape index (κ1) is 13.8. The van der Waals surface area contributed by atoms with Crippen molar-refractivity contribution in [3.63, 3.8) is 0 Å². The minimum absolute atomic E-state index is 0.105. The fourth-order valence-corrected chi connectivity index (χ4v) is 5.06. The van der Waals surface area contributed by atoms with Gasteiger partial charge in [0.25, 0.3) is 5.91 Å². The number of nitrogens with zero attached hydrogens (tertiary/aromatic N) is 1. The molecular weight excluding hydrogens is 389 g/mol. The molecule has 17 heavy (non-hydrogen) atoms. The van der Waals surface area contributed by atoms with Crippen molar-refractivity contribution in [1.82, 2.24) is 4.90 Å². The third kappa shape index (κ3) is 3.25. The van der Waals surface area contributed by atoms with E-state index in [1.54, 1.807) is 0 Å². The van der Waals surface area contributed by atoms with Crippen LogP contribution in [0.15, 0.2) is 13.6 Å². The minimum Gasteiger partial charge on any atom is -0.338 e. The van der Waals surface area contributed by atoms with Gasteiger partial charge in [0.15, 0.2) is 0 Å². The monoisotopic (exact) mass is 399 g/mol. The lowest BCUT2D eigenvalue weighted by atomic mass is 9.99. The van der Waals surface area contributed by atoms with Gasteiger partial charge >= 0.3 is 0 Å². The molecule has 94 valence electrons. The number of amides is 1. The lowest BCUT2D eigenvalue weighted by Crippen LogP contribution is -2.40. The number of carbonyl (C=O) groups is 1. The van der Waals surface area contributed by atoms with Crippen LogP contribution in [0.3, 0.4) is 0 Å². The predicted molar refractivity (Wildman–Crippen MR) is 79.1 cm³/mol. The van der Waals surface area contributed by atoms with Crippen LogP contribution in [0.5, 0.6) is 0 Å². The Morgan fingerprint density at radius 2 is 2.35 bits per heavy atom. The quantitative estimate of drug-likeness (QED) is 0.674. The number of carbonyl (C=O) groups excluding carboxylic acids is 1. The second-order valence-electron chi connectivity index (χ2n) is 4.15. The highest BCUT2D eigenvalue weighted by Gasteiger charge is 2.26.